The Hall–Kier alpha value is -2.66. The fourth-order valence-electron chi connectivity index (χ4n) is 1.41. The number of nitrogens with zero attached hydrogens (tertiary/aromatic N) is 3. The van der Waals surface area contributed by atoms with Gasteiger partial charge in [-0.25, -0.2) is 14.8 Å². The fourth-order valence-corrected chi connectivity index (χ4v) is 2.14. The highest BCUT2D eigenvalue weighted by atomic mass is 32.1. The van der Waals surface area contributed by atoms with Gasteiger partial charge in [-0.3, -0.25) is 5.43 Å². The molecule has 0 bridgehead atoms. The second kappa shape index (κ2) is 6.49. The van der Waals surface area contributed by atoms with Gasteiger partial charge in [0.05, 0.1) is 12.0 Å². The van der Waals surface area contributed by atoms with Crippen molar-refractivity contribution in [2.75, 3.05) is 12.0 Å². The third-order valence-electron chi connectivity index (χ3n) is 2.28. The molecular formula is C12H11N5O2S. The standard InChI is InChI=1S/C12H11N5O2S/c1-2-19-12(18)8(5-13)6-16-17-10-9-3-4-20-11(9)15-7-14-10/h3-4,6-7,16H,2H2,1H3,(H,14,15,17). The molecule has 0 spiro atoms. The van der Waals surface area contributed by atoms with E-state index < -0.39 is 5.97 Å². The van der Waals surface area contributed by atoms with Crippen molar-refractivity contribution in [1.29, 1.82) is 5.26 Å². The van der Waals surface area contributed by atoms with Crippen LogP contribution in [0.1, 0.15) is 6.92 Å². The summed E-state index contributed by atoms with van der Waals surface area (Å²) in [5.74, 6) is -0.110. The summed E-state index contributed by atoms with van der Waals surface area (Å²) in [7, 11) is 0. The number of hydrogen-bond acceptors (Lipinski definition) is 8. The van der Waals surface area contributed by atoms with E-state index in [1.807, 2.05) is 11.4 Å². The lowest BCUT2D eigenvalue weighted by Gasteiger charge is -2.06. The maximum absolute atomic E-state index is 11.4. The van der Waals surface area contributed by atoms with E-state index in [0.717, 1.165) is 10.2 Å². The van der Waals surface area contributed by atoms with Gasteiger partial charge in [0.25, 0.3) is 0 Å². The van der Waals surface area contributed by atoms with E-state index in [2.05, 4.69) is 20.8 Å². The van der Waals surface area contributed by atoms with Gasteiger partial charge in [0.15, 0.2) is 11.4 Å². The highest BCUT2D eigenvalue weighted by Crippen LogP contribution is 2.22. The predicted molar refractivity (Wildman–Crippen MR) is 74.5 cm³/mol. The highest BCUT2D eigenvalue weighted by Gasteiger charge is 2.09. The van der Waals surface area contributed by atoms with Crippen LogP contribution in [-0.2, 0) is 9.53 Å². The number of carbonyl (C=O) groups excluding carboxylic acids is 1. The second-order valence-electron chi connectivity index (χ2n) is 3.52. The summed E-state index contributed by atoms with van der Waals surface area (Å²) >= 11 is 1.50. The Morgan fingerprint density at radius 3 is 3.20 bits per heavy atom. The number of carbonyl (C=O) groups is 1. The van der Waals surface area contributed by atoms with E-state index in [-0.39, 0.29) is 12.2 Å². The zero-order valence-electron chi connectivity index (χ0n) is 10.6. The summed E-state index contributed by atoms with van der Waals surface area (Å²) in [6.45, 7) is 1.89. The Balaban J connectivity index is 2.07. The van der Waals surface area contributed by atoms with Crippen molar-refractivity contribution in [2.45, 2.75) is 6.92 Å². The number of thiophene rings is 1. The molecule has 0 aliphatic carbocycles. The first kappa shape index (κ1) is 13.8. The molecule has 0 saturated heterocycles. The lowest BCUT2D eigenvalue weighted by atomic mass is 10.3. The minimum absolute atomic E-state index is 0.130. The molecule has 2 aromatic rings. The number of anilines is 1. The van der Waals surface area contributed by atoms with Crippen LogP contribution in [0.2, 0.25) is 0 Å². The van der Waals surface area contributed by atoms with Gasteiger partial charge in [-0.05, 0) is 18.4 Å². The third-order valence-corrected chi connectivity index (χ3v) is 3.11. The lowest BCUT2D eigenvalue weighted by Crippen LogP contribution is -2.18. The zero-order valence-corrected chi connectivity index (χ0v) is 11.4. The molecule has 0 amide bonds. The van der Waals surface area contributed by atoms with Crippen molar-refractivity contribution in [3.8, 4) is 6.07 Å². The number of nitriles is 1. The predicted octanol–water partition coefficient (Wildman–Crippen LogP) is 1.58. The summed E-state index contributed by atoms with van der Waals surface area (Å²) in [5, 5.41) is 11.6. The summed E-state index contributed by atoms with van der Waals surface area (Å²) < 4.78 is 4.73. The molecule has 8 heteroatoms. The average Bonchev–Trinajstić information content (AvgIpc) is 2.93. The maximum atomic E-state index is 11.4. The van der Waals surface area contributed by atoms with Crippen LogP contribution in [-0.4, -0.2) is 22.5 Å². The van der Waals surface area contributed by atoms with Gasteiger partial charge >= 0.3 is 5.97 Å². The van der Waals surface area contributed by atoms with Gasteiger partial charge in [-0.15, -0.1) is 11.3 Å². The van der Waals surface area contributed by atoms with E-state index in [1.165, 1.54) is 23.9 Å². The molecule has 0 unspecified atom stereocenters. The fraction of sp³-hybridized carbons (Fsp3) is 0.167. The van der Waals surface area contributed by atoms with Crippen LogP contribution in [0.15, 0.2) is 29.5 Å². The average molecular weight is 289 g/mol. The first-order valence-corrected chi connectivity index (χ1v) is 6.61. The molecule has 0 saturated carbocycles. The molecule has 0 atom stereocenters. The van der Waals surface area contributed by atoms with Gasteiger partial charge in [-0.2, -0.15) is 5.26 Å². The van der Waals surface area contributed by atoms with Crippen LogP contribution >= 0.6 is 11.3 Å². The highest BCUT2D eigenvalue weighted by molar-refractivity contribution is 7.16. The van der Waals surface area contributed by atoms with E-state index in [0.29, 0.717) is 5.82 Å². The molecule has 2 heterocycles. The molecule has 7 nitrogen and oxygen atoms in total. The molecule has 2 rings (SSSR count). The van der Waals surface area contributed by atoms with Crippen molar-refractivity contribution in [2.24, 2.45) is 0 Å². The van der Waals surface area contributed by atoms with Gasteiger partial charge in [-0.1, -0.05) is 0 Å². The number of fused-ring (bicyclic) bond motifs is 1. The van der Waals surface area contributed by atoms with Gasteiger partial charge in [0.1, 0.15) is 17.2 Å². The molecule has 0 aliphatic rings. The monoisotopic (exact) mass is 289 g/mol. The lowest BCUT2D eigenvalue weighted by molar-refractivity contribution is -0.138. The molecule has 20 heavy (non-hydrogen) atoms. The molecule has 2 aromatic heterocycles. The molecule has 2 N–H and O–H groups in total. The van der Waals surface area contributed by atoms with E-state index in [1.54, 1.807) is 13.0 Å². The van der Waals surface area contributed by atoms with Crippen LogP contribution in [0.4, 0.5) is 5.82 Å². The molecule has 0 aromatic carbocycles. The SMILES string of the molecule is CCOC(=O)C(C#N)=CNNc1ncnc2sccc12. The summed E-state index contributed by atoms with van der Waals surface area (Å²) in [4.78, 5) is 20.4. The largest absolute Gasteiger partial charge is 0.462 e. The molecule has 102 valence electrons. The van der Waals surface area contributed by atoms with Crippen molar-refractivity contribution in [3.63, 3.8) is 0 Å². The summed E-state index contributed by atoms with van der Waals surface area (Å²) in [6, 6.07) is 3.64. The minimum Gasteiger partial charge on any atom is -0.462 e. The Morgan fingerprint density at radius 2 is 2.45 bits per heavy atom. The van der Waals surface area contributed by atoms with Crippen LogP contribution in [0.25, 0.3) is 10.2 Å². The van der Waals surface area contributed by atoms with Gasteiger partial charge < -0.3 is 10.2 Å². The number of nitrogens with one attached hydrogen (secondary N) is 2. The Kier molecular flexibility index (Phi) is 4.47. The number of aromatic nitrogens is 2. The van der Waals surface area contributed by atoms with Gasteiger partial charge in [0.2, 0.25) is 0 Å². The van der Waals surface area contributed by atoms with E-state index in [9.17, 15) is 4.79 Å². The minimum atomic E-state index is -0.673. The number of rotatable bonds is 5. The Bertz CT molecular complexity index is 688. The topological polar surface area (TPSA) is 99.9 Å². The number of hydrogen-bond donors (Lipinski definition) is 2. The first-order chi connectivity index (χ1) is 9.76. The normalized spacial score (nSPS) is 10.9. The first-order valence-electron chi connectivity index (χ1n) is 5.73. The molecule has 0 fully saturated rings. The number of esters is 1. The zero-order chi connectivity index (χ0) is 14.4. The third kappa shape index (κ3) is 3.02. The number of hydrazine groups is 1. The van der Waals surface area contributed by atoms with Crippen molar-refractivity contribution < 1.29 is 9.53 Å². The van der Waals surface area contributed by atoms with Crippen molar-refractivity contribution in [3.05, 3.63) is 29.5 Å². The number of ether oxygens (including phenoxy) is 1. The quantitative estimate of drug-likeness (QED) is 0.373. The van der Waals surface area contributed by atoms with Crippen LogP contribution in [0, 0.1) is 11.3 Å². The molecule has 0 aliphatic heterocycles. The van der Waals surface area contributed by atoms with E-state index in [4.69, 9.17) is 10.00 Å². The van der Waals surface area contributed by atoms with E-state index >= 15 is 0 Å². The van der Waals surface area contributed by atoms with Crippen LogP contribution in [0.3, 0.4) is 0 Å². The smallest absolute Gasteiger partial charge is 0.350 e. The molecule has 0 radical (unpaired) electrons. The van der Waals surface area contributed by atoms with Crippen molar-refractivity contribution in [1.82, 2.24) is 15.4 Å². The maximum Gasteiger partial charge on any atom is 0.350 e. The van der Waals surface area contributed by atoms with Crippen molar-refractivity contribution >= 4 is 33.3 Å². The van der Waals surface area contributed by atoms with Crippen LogP contribution in [0.5, 0.6) is 0 Å². The molecular weight excluding hydrogens is 278 g/mol. The summed E-state index contributed by atoms with van der Waals surface area (Å²) in [5.41, 5.74) is 5.33. The van der Waals surface area contributed by atoms with Crippen LogP contribution < -0.4 is 10.9 Å². The second-order valence-corrected chi connectivity index (χ2v) is 4.42. The van der Waals surface area contributed by atoms with Gasteiger partial charge in [0, 0.05) is 6.20 Å². The summed E-state index contributed by atoms with van der Waals surface area (Å²) in [6.07, 6.45) is 2.67. The Labute approximate surface area is 118 Å². The Morgan fingerprint density at radius 1 is 1.60 bits per heavy atom.